The Kier molecular flexibility index (Phi) is 8.73. The van der Waals surface area contributed by atoms with Gasteiger partial charge in [0.15, 0.2) is 0 Å². The third-order valence-electron chi connectivity index (χ3n) is 1.82. The summed E-state index contributed by atoms with van der Waals surface area (Å²) in [5.74, 6) is 0. The third-order valence-corrected chi connectivity index (χ3v) is 1.82. The molecule has 0 aliphatic heterocycles. The lowest BCUT2D eigenvalue weighted by molar-refractivity contribution is -0.285. The van der Waals surface area contributed by atoms with Gasteiger partial charge in [0.1, 0.15) is 12.8 Å². The lowest BCUT2D eigenvalue weighted by Crippen LogP contribution is -2.38. The van der Waals surface area contributed by atoms with E-state index in [1.54, 1.807) is 14.1 Å². The summed E-state index contributed by atoms with van der Waals surface area (Å²) in [4.78, 5) is 7.02. The van der Waals surface area contributed by atoms with Gasteiger partial charge >= 0.3 is 0 Å². The van der Waals surface area contributed by atoms with Crippen molar-refractivity contribution >= 4 is 0 Å². The molecule has 97 valence electrons. The van der Waals surface area contributed by atoms with Gasteiger partial charge in [-0.1, -0.05) is 0 Å². The summed E-state index contributed by atoms with van der Waals surface area (Å²) in [5.41, 5.74) is 0. The molecule has 2 atom stereocenters. The second-order valence-electron chi connectivity index (χ2n) is 3.72. The maximum atomic E-state index is 10.8. The Bertz CT molecular complexity index is 167. The van der Waals surface area contributed by atoms with E-state index in [1.165, 1.54) is 5.06 Å². The monoisotopic (exact) mass is 235 g/mol. The van der Waals surface area contributed by atoms with Crippen LogP contribution in [0.15, 0.2) is 0 Å². The van der Waals surface area contributed by atoms with E-state index in [9.17, 15) is 5.11 Å². The molecular weight excluding hydrogens is 212 g/mol. The van der Waals surface area contributed by atoms with E-state index in [2.05, 4.69) is 0 Å². The van der Waals surface area contributed by atoms with Gasteiger partial charge in [-0.3, -0.25) is 9.74 Å². The van der Waals surface area contributed by atoms with Crippen molar-refractivity contribution < 1.29 is 19.4 Å². The lowest BCUT2D eigenvalue weighted by Gasteiger charge is -2.26. The molecule has 0 bridgehead atoms. The van der Waals surface area contributed by atoms with Crippen molar-refractivity contribution in [2.75, 3.05) is 48.0 Å². The number of hydrogen-bond acceptors (Lipinski definition) is 5. The van der Waals surface area contributed by atoms with E-state index in [-0.39, 0.29) is 6.23 Å². The number of hydrogen-bond donors (Lipinski definition) is 0. The minimum Gasteiger partial charge on any atom is -0.361 e. The minimum absolute atomic E-state index is 0.162. The second-order valence-corrected chi connectivity index (χ2v) is 3.72. The average molecular weight is 235 g/mol. The van der Waals surface area contributed by atoms with Gasteiger partial charge in [0.25, 0.3) is 0 Å². The fourth-order valence-electron chi connectivity index (χ4n) is 1.07. The van der Waals surface area contributed by atoms with Crippen molar-refractivity contribution in [1.29, 1.82) is 0 Å². The molecule has 1 radical (unpaired) electrons. The van der Waals surface area contributed by atoms with Crippen LogP contribution in [-0.2, 0) is 19.4 Å². The van der Waals surface area contributed by atoms with E-state index in [0.717, 1.165) is 0 Å². The predicted octanol–water partition coefficient (Wildman–Crippen LogP) is 0.177. The molecule has 0 aromatic carbocycles. The van der Waals surface area contributed by atoms with Crippen molar-refractivity contribution in [3.8, 4) is 0 Å². The first-order valence-electron chi connectivity index (χ1n) is 5.33. The molecular formula is C10H23N2O4. The Morgan fingerprint density at radius 3 is 2.12 bits per heavy atom. The number of nitrogens with zero attached hydrogens (tertiary/aromatic N) is 2. The summed E-state index contributed by atoms with van der Waals surface area (Å²) in [6.07, 6.45) is -0.928. The normalized spacial score (nSPS) is 15.8. The standard InChI is InChI=1S/C10H23N2O4/c1-6-14-9(11(2)3)8-15-10(7-13)16-12(4)5/h9-10H,6-8H2,1-5H3. The Hall–Kier alpha value is -0.240. The van der Waals surface area contributed by atoms with Crippen LogP contribution in [0.5, 0.6) is 0 Å². The number of rotatable bonds is 9. The molecule has 6 heteroatoms. The first-order valence-corrected chi connectivity index (χ1v) is 5.33. The number of hydroxylamine groups is 2. The predicted molar refractivity (Wildman–Crippen MR) is 59.2 cm³/mol. The maximum Gasteiger partial charge on any atom is 0.204 e. The van der Waals surface area contributed by atoms with Gasteiger partial charge in [-0.25, -0.2) is 5.11 Å². The van der Waals surface area contributed by atoms with Crippen molar-refractivity contribution in [3.05, 3.63) is 0 Å². The van der Waals surface area contributed by atoms with Crippen molar-refractivity contribution in [1.82, 2.24) is 9.96 Å². The molecule has 0 fully saturated rings. The summed E-state index contributed by atoms with van der Waals surface area (Å²) in [6, 6.07) is 0. The molecule has 0 aliphatic rings. The summed E-state index contributed by atoms with van der Waals surface area (Å²) in [7, 11) is 7.20. The van der Waals surface area contributed by atoms with Gasteiger partial charge in [-0.15, -0.1) is 0 Å². The molecule has 0 saturated carbocycles. The van der Waals surface area contributed by atoms with E-state index >= 15 is 0 Å². The van der Waals surface area contributed by atoms with Crippen LogP contribution in [0.4, 0.5) is 0 Å². The molecule has 2 unspecified atom stereocenters. The van der Waals surface area contributed by atoms with Gasteiger partial charge < -0.3 is 9.47 Å². The molecule has 0 saturated heterocycles. The van der Waals surface area contributed by atoms with Crippen LogP contribution in [0, 0.1) is 0 Å². The van der Waals surface area contributed by atoms with Gasteiger partial charge in [-0.2, -0.15) is 5.06 Å². The first-order chi connectivity index (χ1) is 7.51. The van der Waals surface area contributed by atoms with E-state index in [0.29, 0.717) is 13.2 Å². The third kappa shape index (κ3) is 7.10. The van der Waals surface area contributed by atoms with Crippen molar-refractivity contribution in [3.63, 3.8) is 0 Å². The fourth-order valence-corrected chi connectivity index (χ4v) is 1.07. The highest BCUT2D eigenvalue weighted by Crippen LogP contribution is 2.02. The number of ether oxygens (including phenoxy) is 2. The summed E-state index contributed by atoms with van der Waals surface area (Å²) >= 11 is 0. The lowest BCUT2D eigenvalue weighted by atomic mass is 10.5. The highest BCUT2D eigenvalue weighted by atomic mass is 16.8. The Morgan fingerprint density at radius 1 is 1.12 bits per heavy atom. The second kappa shape index (κ2) is 8.86. The van der Waals surface area contributed by atoms with E-state index in [4.69, 9.17) is 14.3 Å². The van der Waals surface area contributed by atoms with Crippen LogP contribution in [0.25, 0.3) is 0 Å². The van der Waals surface area contributed by atoms with Crippen LogP contribution in [0.1, 0.15) is 6.92 Å². The molecule has 0 aromatic heterocycles. The SMILES string of the molecule is CCOC(COC(C[O])ON(C)C)N(C)C. The zero-order chi connectivity index (χ0) is 12.6. The summed E-state index contributed by atoms with van der Waals surface area (Å²) in [6.45, 7) is 2.38. The molecule has 0 rings (SSSR count). The van der Waals surface area contributed by atoms with E-state index in [1.807, 2.05) is 25.9 Å². The van der Waals surface area contributed by atoms with Crippen LogP contribution in [0.2, 0.25) is 0 Å². The molecule has 0 spiro atoms. The number of likely N-dealkylation sites (N-methyl/N-ethyl adjacent to an activating group) is 1. The summed E-state index contributed by atoms with van der Waals surface area (Å²) < 4.78 is 10.8. The fraction of sp³-hybridized carbons (Fsp3) is 1.00. The molecule has 16 heavy (non-hydrogen) atoms. The minimum atomic E-state index is -0.766. The van der Waals surface area contributed by atoms with Gasteiger partial charge in [0, 0.05) is 20.7 Å². The topological polar surface area (TPSA) is 54.1 Å². The smallest absolute Gasteiger partial charge is 0.204 e. The molecule has 0 heterocycles. The average Bonchev–Trinajstić information content (AvgIpc) is 2.21. The van der Waals surface area contributed by atoms with Crippen molar-refractivity contribution in [2.45, 2.75) is 19.4 Å². The van der Waals surface area contributed by atoms with Crippen LogP contribution in [-0.4, -0.2) is 70.5 Å². The van der Waals surface area contributed by atoms with Crippen LogP contribution in [0.3, 0.4) is 0 Å². The zero-order valence-electron chi connectivity index (χ0n) is 10.8. The van der Waals surface area contributed by atoms with Gasteiger partial charge in [0.05, 0.1) is 6.61 Å². The Balaban J connectivity index is 3.95. The molecule has 0 aliphatic carbocycles. The quantitative estimate of drug-likeness (QED) is 0.421. The van der Waals surface area contributed by atoms with Crippen LogP contribution < -0.4 is 0 Å². The highest BCUT2D eigenvalue weighted by Gasteiger charge is 2.16. The molecule has 0 aromatic rings. The first kappa shape index (κ1) is 15.8. The molecule has 0 amide bonds. The Labute approximate surface area is 97.6 Å². The van der Waals surface area contributed by atoms with Crippen molar-refractivity contribution in [2.24, 2.45) is 0 Å². The van der Waals surface area contributed by atoms with Crippen LogP contribution >= 0.6 is 0 Å². The Morgan fingerprint density at radius 2 is 1.75 bits per heavy atom. The zero-order valence-corrected chi connectivity index (χ0v) is 10.8. The molecule has 6 nitrogen and oxygen atoms in total. The van der Waals surface area contributed by atoms with Gasteiger partial charge in [0.2, 0.25) is 6.29 Å². The highest BCUT2D eigenvalue weighted by molar-refractivity contribution is 4.53. The summed E-state index contributed by atoms with van der Waals surface area (Å²) in [5, 5.41) is 12.2. The largest absolute Gasteiger partial charge is 0.361 e. The van der Waals surface area contributed by atoms with Gasteiger partial charge in [-0.05, 0) is 21.0 Å². The van der Waals surface area contributed by atoms with E-state index < -0.39 is 12.9 Å². The maximum absolute atomic E-state index is 10.8. The molecule has 0 N–H and O–H groups in total.